The smallest absolute Gasteiger partial charge is 0.123 e. The summed E-state index contributed by atoms with van der Waals surface area (Å²) in [7, 11) is 2.21. The van der Waals surface area contributed by atoms with Crippen LogP contribution in [0.1, 0.15) is 24.0 Å². The fourth-order valence-electron chi connectivity index (χ4n) is 4.07. The lowest BCUT2D eigenvalue weighted by molar-refractivity contribution is 0.168. The van der Waals surface area contributed by atoms with E-state index in [0.717, 1.165) is 31.6 Å². The molecule has 0 saturated carbocycles. The van der Waals surface area contributed by atoms with Crippen LogP contribution in [0.25, 0.3) is 10.8 Å². The third kappa shape index (κ3) is 4.15. The lowest BCUT2D eigenvalue weighted by Crippen LogP contribution is -2.45. The number of piperidine rings is 1. The fraction of sp³-hybridized carbons (Fsp3) is 0.333. The number of hydrogen-bond donors (Lipinski definition) is 1. The van der Waals surface area contributed by atoms with Crippen LogP contribution in [-0.4, -0.2) is 30.6 Å². The molecule has 1 saturated heterocycles. The molecule has 1 aliphatic heterocycles. The van der Waals surface area contributed by atoms with Gasteiger partial charge in [0.15, 0.2) is 0 Å². The van der Waals surface area contributed by atoms with Gasteiger partial charge in [-0.25, -0.2) is 0 Å². The van der Waals surface area contributed by atoms with Gasteiger partial charge in [0.2, 0.25) is 0 Å². The van der Waals surface area contributed by atoms with E-state index in [1.807, 2.05) is 6.07 Å². The molecular formula is C24H28N2O. The topological polar surface area (TPSA) is 38.5 Å². The molecule has 1 heterocycles. The van der Waals surface area contributed by atoms with E-state index in [1.165, 1.54) is 21.9 Å². The standard InChI is InChI=1S/C24H28N2O/c1-26-14-13-20(25)15-21(26)16-23-22-10-6-5-9-19(22)11-12-24(23)27-17-18-7-3-2-4-8-18/h2-12,20-21H,13-17,25H2,1H3. The molecule has 1 aliphatic rings. The molecule has 0 radical (unpaired) electrons. The SMILES string of the molecule is CN1CCC(N)CC1Cc1c(OCc2ccccc2)ccc2ccccc12. The summed E-state index contributed by atoms with van der Waals surface area (Å²) in [6.07, 6.45) is 3.09. The van der Waals surface area contributed by atoms with Gasteiger partial charge in [-0.15, -0.1) is 0 Å². The highest BCUT2D eigenvalue weighted by Crippen LogP contribution is 2.32. The maximum atomic E-state index is 6.29. The van der Waals surface area contributed by atoms with Gasteiger partial charge < -0.3 is 15.4 Å². The van der Waals surface area contributed by atoms with Gasteiger partial charge in [0.25, 0.3) is 0 Å². The second-order valence-corrected chi connectivity index (χ2v) is 7.66. The van der Waals surface area contributed by atoms with Crippen LogP contribution in [0.2, 0.25) is 0 Å². The van der Waals surface area contributed by atoms with Crippen LogP contribution >= 0.6 is 0 Å². The number of rotatable bonds is 5. The molecule has 0 spiro atoms. The first kappa shape index (κ1) is 18.0. The molecule has 3 aromatic rings. The van der Waals surface area contributed by atoms with Gasteiger partial charge in [-0.3, -0.25) is 0 Å². The molecule has 3 aromatic carbocycles. The quantitative estimate of drug-likeness (QED) is 0.734. The second kappa shape index (κ2) is 8.12. The molecule has 140 valence electrons. The highest BCUT2D eigenvalue weighted by atomic mass is 16.5. The molecule has 3 nitrogen and oxygen atoms in total. The number of benzene rings is 3. The van der Waals surface area contributed by atoms with Crippen LogP contribution in [0.4, 0.5) is 0 Å². The first-order valence-corrected chi connectivity index (χ1v) is 9.84. The van der Waals surface area contributed by atoms with Crippen molar-refractivity contribution in [1.29, 1.82) is 0 Å². The summed E-state index contributed by atoms with van der Waals surface area (Å²) in [5.41, 5.74) is 8.76. The Kier molecular flexibility index (Phi) is 5.42. The van der Waals surface area contributed by atoms with Crippen molar-refractivity contribution in [3.8, 4) is 5.75 Å². The van der Waals surface area contributed by atoms with Crippen molar-refractivity contribution in [3.63, 3.8) is 0 Å². The van der Waals surface area contributed by atoms with Gasteiger partial charge in [0.1, 0.15) is 12.4 Å². The number of nitrogens with zero attached hydrogens (tertiary/aromatic N) is 1. The highest BCUT2D eigenvalue weighted by Gasteiger charge is 2.25. The molecule has 0 aliphatic carbocycles. The Morgan fingerprint density at radius 1 is 1.00 bits per heavy atom. The van der Waals surface area contributed by atoms with Gasteiger partial charge in [-0.05, 0) is 55.3 Å². The third-order valence-electron chi connectivity index (χ3n) is 5.73. The minimum atomic E-state index is 0.301. The zero-order chi connectivity index (χ0) is 18.6. The highest BCUT2D eigenvalue weighted by molar-refractivity contribution is 5.87. The van der Waals surface area contributed by atoms with Crippen molar-refractivity contribution in [2.45, 2.75) is 38.0 Å². The van der Waals surface area contributed by atoms with E-state index in [4.69, 9.17) is 10.5 Å². The first-order valence-electron chi connectivity index (χ1n) is 9.84. The van der Waals surface area contributed by atoms with E-state index in [2.05, 4.69) is 72.6 Å². The van der Waals surface area contributed by atoms with Gasteiger partial charge in [-0.2, -0.15) is 0 Å². The molecule has 0 bridgehead atoms. The summed E-state index contributed by atoms with van der Waals surface area (Å²) in [6.45, 7) is 1.66. The lowest BCUT2D eigenvalue weighted by Gasteiger charge is -2.36. The maximum Gasteiger partial charge on any atom is 0.123 e. The van der Waals surface area contributed by atoms with Crippen LogP contribution < -0.4 is 10.5 Å². The summed E-state index contributed by atoms with van der Waals surface area (Å²) >= 11 is 0. The lowest BCUT2D eigenvalue weighted by atomic mass is 9.90. The van der Waals surface area contributed by atoms with Crippen molar-refractivity contribution in [2.24, 2.45) is 5.73 Å². The summed E-state index contributed by atoms with van der Waals surface area (Å²) in [6, 6.07) is 24.0. The maximum absolute atomic E-state index is 6.29. The Morgan fingerprint density at radius 3 is 2.63 bits per heavy atom. The van der Waals surface area contributed by atoms with E-state index in [-0.39, 0.29) is 0 Å². The molecule has 2 atom stereocenters. The summed E-state index contributed by atoms with van der Waals surface area (Å²) in [4.78, 5) is 2.45. The zero-order valence-electron chi connectivity index (χ0n) is 16.0. The van der Waals surface area contributed by atoms with E-state index < -0.39 is 0 Å². The Hall–Kier alpha value is -2.36. The van der Waals surface area contributed by atoms with Crippen molar-refractivity contribution < 1.29 is 4.74 Å². The summed E-state index contributed by atoms with van der Waals surface area (Å²) in [5, 5.41) is 2.55. The predicted molar refractivity (Wildman–Crippen MR) is 112 cm³/mol. The Bertz CT molecular complexity index is 893. The molecule has 2 N–H and O–H groups in total. The van der Waals surface area contributed by atoms with Crippen LogP contribution in [0.5, 0.6) is 5.75 Å². The summed E-state index contributed by atoms with van der Waals surface area (Å²) < 4.78 is 6.29. The molecular weight excluding hydrogens is 332 g/mol. The number of likely N-dealkylation sites (N-methyl/N-ethyl adjacent to an activating group) is 1. The van der Waals surface area contributed by atoms with Crippen LogP contribution in [0.3, 0.4) is 0 Å². The number of ether oxygens (including phenoxy) is 1. The molecule has 27 heavy (non-hydrogen) atoms. The molecule has 2 unspecified atom stereocenters. The van der Waals surface area contributed by atoms with E-state index in [9.17, 15) is 0 Å². The monoisotopic (exact) mass is 360 g/mol. The minimum absolute atomic E-state index is 0.301. The molecule has 0 aromatic heterocycles. The fourth-order valence-corrected chi connectivity index (χ4v) is 4.07. The van der Waals surface area contributed by atoms with E-state index >= 15 is 0 Å². The van der Waals surface area contributed by atoms with E-state index in [0.29, 0.717) is 18.7 Å². The number of hydrogen-bond acceptors (Lipinski definition) is 3. The molecule has 4 rings (SSSR count). The second-order valence-electron chi connectivity index (χ2n) is 7.66. The van der Waals surface area contributed by atoms with Crippen LogP contribution in [0, 0.1) is 0 Å². The third-order valence-corrected chi connectivity index (χ3v) is 5.73. The van der Waals surface area contributed by atoms with Gasteiger partial charge in [0.05, 0.1) is 0 Å². The average molecular weight is 361 g/mol. The Balaban J connectivity index is 1.65. The molecule has 3 heteroatoms. The Morgan fingerprint density at radius 2 is 1.78 bits per heavy atom. The number of nitrogens with two attached hydrogens (primary N) is 1. The normalized spacial score (nSPS) is 20.7. The van der Waals surface area contributed by atoms with Crippen molar-refractivity contribution in [3.05, 3.63) is 77.9 Å². The molecule has 0 amide bonds. The van der Waals surface area contributed by atoms with Gasteiger partial charge in [0, 0.05) is 17.6 Å². The largest absolute Gasteiger partial charge is 0.489 e. The van der Waals surface area contributed by atoms with Crippen molar-refractivity contribution in [1.82, 2.24) is 4.90 Å². The average Bonchev–Trinajstić information content (AvgIpc) is 2.71. The van der Waals surface area contributed by atoms with Gasteiger partial charge >= 0.3 is 0 Å². The summed E-state index contributed by atoms with van der Waals surface area (Å²) in [5.74, 6) is 0.991. The zero-order valence-corrected chi connectivity index (χ0v) is 16.0. The number of fused-ring (bicyclic) bond motifs is 1. The predicted octanol–water partition coefficient (Wildman–Crippen LogP) is 4.38. The van der Waals surface area contributed by atoms with Crippen LogP contribution in [-0.2, 0) is 13.0 Å². The Labute approximate surface area is 161 Å². The number of likely N-dealkylation sites (tertiary alicyclic amines) is 1. The van der Waals surface area contributed by atoms with Crippen molar-refractivity contribution in [2.75, 3.05) is 13.6 Å². The van der Waals surface area contributed by atoms with Crippen LogP contribution in [0.15, 0.2) is 66.7 Å². The molecule has 1 fully saturated rings. The minimum Gasteiger partial charge on any atom is -0.489 e. The van der Waals surface area contributed by atoms with Gasteiger partial charge in [-0.1, -0.05) is 60.7 Å². The first-order chi connectivity index (χ1) is 13.2. The van der Waals surface area contributed by atoms with E-state index in [1.54, 1.807) is 0 Å². The van der Waals surface area contributed by atoms with Crippen molar-refractivity contribution >= 4 is 10.8 Å².